The highest BCUT2D eigenvalue weighted by atomic mass is 32.1. The fourth-order valence-electron chi connectivity index (χ4n) is 5.49. The van der Waals surface area contributed by atoms with Crippen molar-refractivity contribution in [2.75, 3.05) is 5.32 Å². The average molecular weight is 490 g/mol. The van der Waals surface area contributed by atoms with Crippen molar-refractivity contribution in [2.24, 2.45) is 0 Å². The van der Waals surface area contributed by atoms with Gasteiger partial charge >= 0.3 is 0 Å². The summed E-state index contributed by atoms with van der Waals surface area (Å²) in [4.78, 5) is 0.758. The summed E-state index contributed by atoms with van der Waals surface area (Å²) in [6.45, 7) is 5.34. The SMILES string of the molecule is CCc1ccc(NC(=S)c2c(-c3ccc(C)cc3)c3c4n(c(-c5ccccc5)cn24)CCCC3)cc1. The summed E-state index contributed by atoms with van der Waals surface area (Å²) in [6.07, 6.45) is 6.72. The van der Waals surface area contributed by atoms with Crippen LogP contribution in [0.5, 0.6) is 0 Å². The first-order valence-corrected chi connectivity index (χ1v) is 13.3. The predicted octanol–water partition coefficient (Wildman–Crippen LogP) is 8.07. The third kappa shape index (κ3) is 3.96. The van der Waals surface area contributed by atoms with Crippen molar-refractivity contribution in [3.05, 3.63) is 107 Å². The highest BCUT2D eigenvalue weighted by molar-refractivity contribution is 7.81. The van der Waals surface area contributed by atoms with E-state index in [9.17, 15) is 0 Å². The number of anilines is 1. The van der Waals surface area contributed by atoms with Gasteiger partial charge in [-0.1, -0.05) is 91.4 Å². The van der Waals surface area contributed by atoms with Crippen LogP contribution >= 0.6 is 12.2 Å². The van der Waals surface area contributed by atoms with Gasteiger partial charge in [-0.15, -0.1) is 0 Å². The highest BCUT2D eigenvalue weighted by Crippen LogP contribution is 2.40. The molecule has 3 heterocycles. The van der Waals surface area contributed by atoms with Gasteiger partial charge in [-0.3, -0.25) is 4.40 Å². The van der Waals surface area contributed by atoms with Crippen LogP contribution in [0.15, 0.2) is 85.1 Å². The standard InChI is InChI=1S/C32H31N3S/c1-3-23-14-18-26(19-15-23)33-31(36)30-29(25-16-12-22(2)13-17-25)27-11-7-8-20-34-28(21-35(30)32(27)34)24-9-5-4-6-10-24/h4-6,9-10,12-19,21H,3,7-8,11,20H2,1-2H3,(H,33,36). The van der Waals surface area contributed by atoms with Crippen molar-refractivity contribution in [1.29, 1.82) is 0 Å². The number of aromatic nitrogens is 2. The van der Waals surface area contributed by atoms with Gasteiger partial charge in [0.05, 0.1) is 11.4 Å². The van der Waals surface area contributed by atoms with Crippen molar-refractivity contribution in [3.8, 4) is 22.4 Å². The molecule has 180 valence electrons. The second kappa shape index (κ2) is 9.44. The van der Waals surface area contributed by atoms with E-state index in [-0.39, 0.29) is 0 Å². The van der Waals surface area contributed by atoms with Crippen LogP contribution in [0.3, 0.4) is 0 Å². The quantitative estimate of drug-likeness (QED) is 0.252. The smallest absolute Gasteiger partial charge is 0.128 e. The molecule has 3 nitrogen and oxygen atoms in total. The minimum absolute atomic E-state index is 0.758. The molecule has 0 bridgehead atoms. The van der Waals surface area contributed by atoms with Crippen LogP contribution in [0.1, 0.15) is 42.1 Å². The number of hydrogen-bond donors (Lipinski definition) is 1. The molecule has 1 N–H and O–H groups in total. The summed E-state index contributed by atoms with van der Waals surface area (Å²) in [5.41, 5.74) is 12.4. The van der Waals surface area contributed by atoms with E-state index in [0.717, 1.165) is 35.8 Å². The lowest BCUT2D eigenvalue weighted by Crippen LogP contribution is -2.14. The lowest BCUT2D eigenvalue weighted by atomic mass is 9.97. The Hall–Kier alpha value is -3.63. The third-order valence-corrected chi connectivity index (χ3v) is 7.67. The zero-order chi connectivity index (χ0) is 24.6. The molecule has 0 saturated heterocycles. The fraction of sp³-hybridized carbons (Fsp3) is 0.219. The Morgan fingerprint density at radius 3 is 2.36 bits per heavy atom. The Balaban J connectivity index is 1.57. The van der Waals surface area contributed by atoms with Crippen molar-refractivity contribution in [2.45, 2.75) is 46.1 Å². The maximum Gasteiger partial charge on any atom is 0.128 e. The Kier molecular flexibility index (Phi) is 5.98. The molecule has 36 heavy (non-hydrogen) atoms. The summed E-state index contributed by atoms with van der Waals surface area (Å²) >= 11 is 6.15. The molecule has 0 amide bonds. The van der Waals surface area contributed by atoms with Crippen LogP contribution in [-0.2, 0) is 19.4 Å². The summed E-state index contributed by atoms with van der Waals surface area (Å²) in [7, 11) is 0. The topological polar surface area (TPSA) is 21.4 Å². The molecule has 1 aliphatic rings. The predicted molar refractivity (Wildman–Crippen MR) is 155 cm³/mol. The van der Waals surface area contributed by atoms with Crippen molar-refractivity contribution >= 4 is 28.5 Å². The number of nitrogens with one attached hydrogen (secondary N) is 1. The Bertz CT molecular complexity index is 1540. The molecule has 0 spiro atoms. The first kappa shape index (κ1) is 22.8. The first-order valence-electron chi connectivity index (χ1n) is 12.9. The van der Waals surface area contributed by atoms with Crippen molar-refractivity contribution in [1.82, 2.24) is 8.97 Å². The van der Waals surface area contributed by atoms with Gasteiger partial charge in [-0.2, -0.15) is 0 Å². The largest absolute Gasteiger partial charge is 0.345 e. The summed E-state index contributed by atoms with van der Waals surface area (Å²) in [5.74, 6) is 0. The van der Waals surface area contributed by atoms with Crippen molar-refractivity contribution in [3.63, 3.8) is 0 Å². The van der Waals surface area contributed by atoms with Gasteiger partial charge in [-0.05, 0) is 61.4 Å². The number of thiocarbonyl (C=S) groups is 1. The molecule has 0 saturated carbocycles. The fourth-order valence-corrected chi connectivity index (χ4v) is 5.81. The Labute approximate surface area is 218 Å². The molecule has 6 rings (SSSR count). The van der Waals surface area contributed by atoms with Crippen LogP contribution in [0.25, 0.3) is 28.0 Å². The van der Waals surface area contributed by atoms with E-state index in [1.165, 1.54) is 57.6 Å². The van der Waals surface area contributed by atoms with Crippen LogP contribution in [-0.4, -0.2) is 14.0 Å². The maximum atomic E-state index is 6.15. The Morgan fingerprint density at radius 1 is 0.889 bits per heavy atom. The minimum atomic E-state index is 0.758. The zero-order valence-corrected chi connectivity index (χ0v) is 21.7. The maximum absolute atomic E-state index is 6.15. The van der Waals surface area contributed by atoms with Crippen LogP contribution < -0.4 is 5.32 Å². The number of nitrogens with zero attached hydrogens (tertiary/aromatic N) is 2. The highest BCUT2D eigenvalue weighted by Gasteiger charge is 2.28. The number of rotatable bonds is 5. The molecule has 0 fully saturated rings. The normalized spacial score (nSPS) is 13.1. The molecule has 0 aliphatic carbocycles. The van der Waals surface area contributed by atoms with Gasteiger partial charge in [0.1, 0.15) is 10.6 Å². The van der Waals surface area contributed by atoms with E-state index < -0.39 is 0 Å². The van der Waals surface area contributed by atoms with E-state index >= 15 is 0 Å². The van der Waals surface area contributed by atoms with Gasteiger partial charge in [0, 0.05) is 29.6 Å². The number of benzene rings is 3. The van der Waals surface area contributed by atoms with E-state index in [1.807, 2.05) is 0 Å². The van der Waals surface area contributed by atoms with E-state index in [1.54, 1.807) is 0 Å². The lowest BCUT2D eigenvalue weighted by Gasteiger charge is -2.13. The molecular weight excluding hydrogens is 458 g/mol. The van der Waals surface area contributed by atoms with Gasteiger partial charge < -0.3 is 9.88 Å². The van der Waals surface area contributed by atoms with E-state index in [0.29, 0.717) is 0 Å². The molecule has 4 heteroatoms. The monoisotopic (exact) mass is 489 g/mol. The second-order valence-electron chi connectivity index (χ2n) is 9.76. The zero-order valence-electron chi connectivity index (χ0n) is 20.9. The lowest BCUT2D eigenvalue weighted by molar-refractivity contribution is 0.647. The molecule has 0 unspecified atom stereocenters. The number of aryl methyl sites for hydroxylation is 4. The van der Waals surface area contributed by atoms with Gasteiger partial charge in [0.2, 0.25) is 0 Å². The van der Waals surface area contributed by atoms with Crippen LogP contribution in [0, 0.1) is 6.92 Å². The van der Waals surface area contributed by atoms with Gasteiger partial charge in [0.15, 0.2) is 0 Å². The van der Waals surface area contributed by atoms with Gasteiger partial charge in [0.25, 0.3) is 0 Å². The number of hydrogen-bond acceptors (Lipinski definition) is 1. The average Bonchev–Trinajstić information content (AvgIpc) is 3.33. The van der Waals surface area contributed by atoms with Gasteiger partial charge in [-0.25, -0.2) is 0 Å². The molecule has 2 aromatic heterocycles. The van der Waals surface area contributed by atoms with Crippen LogP contribution in [0.2, 0.25) is 0 Å². The summed E-state index contributed by atoms with van der Waals surface area (Å²) in [6, 6.07) is 28.2. The summed E-state index contributed by atoms with van der Waals surface area (Å²) in [5, 5.41) is 3.57. The van der Waals surface area contributed by atoms with E-state index in [4.69, 9.17) is 12.2 Å². The van der Waals surface area contributed by atoms with Crippen LogP contribution in [0.4, 0.5) is 5.69 Å². The molecule has 0 radical (unpaired) electrons. The molecule has 3 aromatic carbocycles. The third-order valence-electron chi connectivity index (χ3n) is 7.38. The molecule has 1 aliphatic heterocycles. The number of imidazole rings is 1. The summed E-state index contributed by atoms with van der Waals surface area (Å²) < 4.78 is 4.87. The second-order valence-corrected chi connectivity index (χ2v) is 10.2. The minimum Gasteiger partial charge on any atom is -0.345 e. The molecule has 5 aromatic rings. The molecule has 0 atom stereocenters. The molecular formula is C32H31N3S. The van der Waals surface area contributed by atoms with E-state index in [2.05, 4.69) is 113 Å². The van der Waals surface area contributed by atoms with Crippen molar-refractivity contribution < 1.29 is 0 Å². The first-order chi connectivity index (χ1) is 17.6. The Morgan fingerprint density at radius 2 is 1.64 bits per heavy atom.